The summed E-state index contributed by atoms with van der Waals surface area (Å²) in [5.41, 5.74) is 12.8. The lowest BCUT2D eigenvalue weighted by Gasteiger charge is -2.10. The molecule has 0 radical (unpaired) electrons. The molecule has 0 spiro atoms. The maximum Gasteiger partial charge on any atom is 0.161 e. The van der Waals surface area contributed by atoms with E-state index in [-0.39, 0.29) is 5.84 Å². The predicted octanol–water partition coefficient (Wildman–Crippen LogP) is 15.0. The van der Waals surface area contributed by atoms with Crippen molar-refractivity contribution in [3.8, 4) is 39.1 Å². The Morgan fingerprint density at radius 3 is 1.76 bits per heavy atom. The monoisotopic (exact) mass is 810 g/mol. The molecule has 11 rings (SSSR count). The molecule has 2 aromatic heterocycles. The van der Waals surface area contributed by atoms with Crippen LogP contribution in [0.1, 0.15) is 16.7 Å². The SMILES string of the molecule is N=C(N=C(N=Cc1ccc(-c2ccccc2)c2sc3c(-c4ccccc4)cc(-c4ccccc4)cc3c12)c1ccccc1)c1ccc2c3ccccc3n(-c3ccccc3)c2c1. The van der Waals surface area contributed by atoms with Crippen molar-refractivity contribution in [3.05, 3.63) is 235 Å². The van der Waals surface area contributed by atoms with Gasteiger partial charge in [0, 0.05) is 65.1 Å². The molecule has 5 heteroatoms. The number of aliphatic imine (C=N–C) groups is 2. The number of nitrogens with one attached hydrogen (secondary N) is 1. The van der Waals surface area contributed by atoms with E-state index in [2.05, 4.69) is 180 Å². The van der Waals surface area contributed by atoms with Crippen molar-refractivity contribution in [3.63, 3.8) is 0 Å². The first-order chi connectivity index (χ1) is 30.7. The molecule has 1 N–H and O–H groups in total. The number of benzene rings is 9. The lowest BCUT2D eigenvalue weighted by molar-refractivity contribution is 1.18. The van der Waals surface area contributed by atoms with Gasteiger partial charge in [-0.05, 0) is 64.2 Å². The largest absolute Gasteiger partial charge is 0.309 e. The minimum atomic E-state index is 0.137. The Morgan fingerprint density at radius 2 is 1.05 bits per heavy atom. The average molecular weight is 811 g/mol. The summed E-state index contributed by atoms with van der Waals surface area (Å²) in [5.74, 6) is 0.604. The molecule has 0 aliphatic carbocycles. The fraction of sp³-hybridized carbons (Fsp3) is 0. The number of hydrogen-bond donors (Lipinski definition) is 1. The highest BCUT2D eigenvalue weighted by Gasteiger charge is 2.19. The van der Waals surface area contributed by atoms with Crippen molar-refractivity contribution < 1.29 is 0 Å². The van der Waals surface area contributed by atoms with Crippen molar-refractivity contribution in [2.45, 2.75) is 0 Å². The van der Waals surface area contributed by atoms with E-state index in [1.54, 1.807) is 0 Å². The number of rotatable bonds is 7. The number of para-hydroxylation sites is 2. The van der Waals surface area contributed by atoms with Gasteiger partial charge < -0.3 is 4.57 Å². The van der Waals surface area contributed by atoms with Crippen LogP contribution in [0.2, 0.25) is 0 Å². The van der Waals surface area contributed by atoms with Crippen LogP contribution in [-0.4, -0.2) is 22.5 Å². The zero-order valence-corrected chi connectivity index (χ0v) is 34.4. The molecule has 0 amide bonds. The van der Waals surface area contributed by atoms with Crippen LogP contribution in [0, 0.1) is 5.41 Å². The third-order valence-electron chi connectivity index (χ3n) is 11.6. The van der Waals surface area contributed by atoms with E-state index in [4.69, 9.17) is 9.98 Å². The van der Waals surface area contributed by atoms with Gasteiger partial charge in [-0.1, -0.05) is 182 Å². The second kappa shape index (κ2) is 15.9. The van der Waals surface area contributed by atoms with Crippen LogP contribution in [-0.2, 0) is 0 Å². The minimum Gasteiger partial charge on any atom is -0.309 e. The van der Waals surface area contributed by atoms with Crippen LogP contribution >= 0.6 is 11.3 Å². The van der Waals surface area contributed by atoms with Gasteiger partial charge in [0.25, 0.3) is 0 Å². The van der Waals surface area contributed by atoms with Gasteiger partial charge in [-0.3, -0.25) is 5.41 Å². The molecule has 11 aromatic rings. The number of aromatic nitrogens is 1. The van der Waals surface area contributed by atoms with Crippen molar-refractivity contribution in [1.29, 1.82) is 5.41 Å². The van der Waals surface area contributed by atoms with Gasteiger partial charge in [0.1, 0.15) is 0 Å². The van der Waals surface area contributed by atoms with Crippen LogP contribution < -0.4 is 0 Å². The summed E-state index contributed by atoms with van der Waals surface area (Å²) in [6, 6.07) is 76.1. The second-order valence-corrected chi connectivity index (χ2v) is 16.4. The van der Waals surface area contributed by atoms with E-state index in [0.717, 1.165) is 44.2 Å². The fourth-order valence-corrected chi connectivity index (χ4v) is 10.0. The zero-order valence-electron chi connectivity index (χ0n) is 33.6. The van der Waals surface area contributed by atoms with Crippen LogP contribution in [0.4, 0.5) is 0 Å². The normalized spacial score (nSPS) is 12.0. The Labute approximate surface area is 363 Å². The molecule has 4 nitrogen and oxygen atoms in total. The molecule has 0 saturated carbocycles. The summed E-state index contributed by atoms with van der Waals surface area (Å²) >= 11 is 1.83. The van der Waals surface area contributed by atoms with Gasteiger partial charge in [-0.2, -0.15) is 0 Å². The highest BCUT2D eigenvalue weighted by molar-refractivity contribution is 7.27. The van der Waals surface area contributed by atoms with Gasteiger partial charge in [0.15, 0.2) is 11.7 Å². The quantitative estimate of drug-likeness (QED) is 0.123. The van der Waals surface area contributed by atoms with E-state index in [1.165, 1.54) is 48.0 Å². The van der Waals surface area contributed by atoms with E-state index < -0.39 is 0 Å². The van der Waals surface area contributed by atoms with Crippen molar-refractivity contribution in [2.75, 3.05) is 0 Å². The molecule has 0 atom stereocenters. The smallest absolute Gasteiger partial charge is 0.161 e. The molecular weight excluding hydrogens is 773 g/mol. The third kappa shape index (κ3) is 6.71. The highest BCUT2D eigenvalue weighted by atomic mass is 32.1. The maximum atomic E-state index is 9.46. The number of nitrogens with zero attached hydrogens (tertiary/aromatic N) is 3. The molecule has 0 bridgehead atoms. The van der Waals surface area contributed by atoms with E-state index >= 15 is 0 Å². The lowest BCUT2D eigenvalue weighted by Crippen LogP contribution is -2.05. The second-order valence-electron chi connectivity index (χ2n) is 15.3. The fourth-order valence-electron chi connectivity index (χ4n) is 8.62. The summed E-state index contributed by atoms with van der Waals surface area (Å²) in [4.78, 5) is 10.2. The van der Waals surface area contributed by atoms with Crippen molar-refractivity contribution in [1.82, 2.24) is 4.57 Å². The van der Waals surface area contributed by atoms with Gasteiger partial charge in [0.05, 0.1) is 11.0 Å². The first kappa shape index (κ1) is 37.0. The van der Waals surface area contributed by atoms with Crippen LogP contribution in [0.3, 0.4) is 0 Å². The molecule has 292 valence electrons. The molecule has 0 aliphatic heterocycles. The summed E-state index contributed by atoms with van der Waals surface area (Å²) in [6.45, 7) is 0. The highest BCUT2D eigenvalue weighted by Crippen LogP contribution is 2.47. The summed E-state index contributed by atoms with van der Waals surface area (Å²) in [7, 11) is 0. The molecular formula is C57H38N4S. The van der Waals surface area contributed by atoms with Crippen molar-refractivity contribution in [2.24, 2.45) is 9.98 Å². The molecule has 0 unspecified atom stereocenters. The first-order valence-corrected chi connectivity index (χ1v) is 21.5. The Bertz CT molecular complexity index is 3500. The van der Waals surface area contributed by atoms with E-state index in [1.807, 2.05) is 60.0 Å². The van der Waals surface area contributed by atoms with Gasteiger partial charge in [-0.25, -0.2) is 9.98 Å². The Balaban J connectivity index is 1.09. The minimum absolute atomic E-state index is 0.137. The maximum absolute atomic E-state index is 9.46. The Morgan fingerprint density at radius 1 is 0.452 bits per heavy atom. The van der Waals surface area contributed by atoms with Crippen LogP contribution in [0.5, 0.6) is 0 Å². The van der Waals surface area contributed by atoms with Gasteiger partial charge in [0.2, 0.25) is 0 Å². The number of amidine groups is 2. The lowest BCUT2D eigenvalue weighted by atomic mass is 9.94. The van der Waals surface area contributed by atoms with Crippen LogP contribution in [0.15, 0.2) is 228 Å². The average Bonchev–Trinajstić information content (AvgIpc) is 3.90. The molecule has 2 heterocycles. The topological polar surface area (TPSA) is 53.5 Å². The summed E-state index contributed by atoms with van der Waals surface area (Å²) < 4.78 is 4.69. The van der Waals surface area contributed by atoms with Crippen LogP contribution in [0.25, 0.3) is 81.0 Å². The Hall–Kier alpha value is -7.99. The predicted molar refractivity (Wildman–Crippen MR) is 264 cm³/mol. The molecule has 0 aliphatic rings. The Kier molecular flexibility index (Phi) is 9.49. The van der Waals surface area contributed by atoms with Gasteiger partial charge in [-0.15, -0.1) is 11.3 Å². The summed E-state index contributed by atoms with van der Waals surface area (Å²) in [5, 5.41) is 14.1. The number of hydrogen-bond acceptors (Lipinski definition) is 2. The molecule has 62 heavy (non-hydrogen) atoms. The van der Waals surface area contributed by atoms with E-state index in [9.17, 15) is 5.41 Å². The van der Waals surface area contributed by atoms with Crippen molar-refractivity contribution >= 4 is 71.2 Å². The molecule has 9 aromatic carbocycles. The number of fused-ring (bicyclic) bond motifs is 6. The molecule has 0 fully saturated rings. The first-order valence-electron chi connectivity index (χ1n) is 20.7. The standard InChI is InChI=1S/C57H38N4S/c58-56(42-30-33-48-47-28-16-17-29-51(47)61(52(48)36-42)45-26-14-5-15-27-45)60-57(41-24-12-4-13-25-41)59-37-43-31-32-46(39-20-8-2-9-21-39)55-53(43)50-35-44(38-18-6-1-7-19-38)34-49(54(50)62-55)40-22-10-3-11-23-40/h1-37,58H. The molecule has 0 saturated heterocycles. The summed E-state index contributed by atoms with van der Waals surface area (Å²) in [6.07, 6.45) is 1.94. The zero-order chi connectivity index (χ0) is 41.4. The third-order valence-corrected chi connectivity index (χ3v) is 12.8. The van der Waals surface area contributed by atoms with E-state index in [0.29, 0.717) is 11.4 Å². The number of thiophene rings is 1. The van der Waals surface area contributed by atoms with Gasteiger partial charge >= 0.3 is 0 Å².